The number of likely N-dealkylation sites (tertiary alicyclic amines) is 1. The molecule has 1 aliphatic rings. The Morgan fingerprint density at radius 3 is 2.95 bits per heavy atom. The van der Waals surface area contributed by atoms with E-state index in [2.05, 4.69) is 26.9 Å². The lowest BCUT2D eigenvalue weighted by Gasteiger charge is -2.32. The molecule has 1 atom stereocenters. The first kappa shape index (κ1) is 16.2. The summed E-state index contributed by atoms with van der Waals surface area (Å²) < 4.78 is 4.64. The molecule has 1 fully saturated rings. The van der Waals surface area contributed by atoms with Crippen molar-refractivity contribution < 1.29 is 9.53 Å². The monoisotopic (exact) mass is 311 g/mol. The lowest BCUT2D eigenvalue weighted by molar-refractivity contribution is -0.140. The number of hydrogen-bond donors (Lipinski definition) is 1. The van der Waals surface area contributed by atoms with Gasteiger partial charge in [0.25, 0.3) is 0 Å². The summed E-state index contributed by atoms with van der Waals surface area (Å²) in [7, 11) is 1.42. The number of nitrogens with one attached hydrogen (secondary N) is 1. The Morgan fingerprint density at radius 1 is 1.48 bits per heavy atom. The molecule has 2 rings (SSSR count). The van der Waals surface area contributed by atoms with Crippen LogP contribution >= 0.6 is 11.3 Å². The van der Waals surface area contributed by atoms with Gasteiger partial charge in [0.2, 0.25) is 0 Å². The van der Waals surface area contributed by atoms with Gasteiger partial charge in [-0.1, -0.05) is 6.42 Å². The van der Waals surface area contributed by atoms with Crippen LogP contribution in [-0.4, -0.2) is 48.6 Å². The van der Waals surface area contributed by atoms with Crippen molar-refractivity contribution in [2.45, 2.75) is 45.1 Å². The summed E-state index contributed by atoms with van der Waals surface area (Å²) in [4.78, 5) is 18.2. The summed E-state index contributed by atoms with van der Waals surface area (Å²) in [5, 5.41) is 6.37. The van der Waals surface area contributed by atoms with Gasteiger partial charge in [0.1, 0.15) is 0 Å². The third-order valence-electron chi connectivity index (χ3n) is 3.93. The van der Waals surface area contributed by atoms with Crippen LogP contribution in [0.1, 0.15) is 38.3 Å². The quantitative estimate of drug-likeness (QED) is 0.784. The molecule has 1 aromatic heterocycles. The van der Waals surface area contributed by atoms with Crippen molar-refractivity contribution in [3.8, 4) is 0 Å². The average Bonchev–Trinajstić information content (AvgIpc) is 2.99. The molecule has 0 radical (unpaired) electrons. The van der Waals surface area contributed by atoms with Crippen molar-refractivity contribution in [1.29, 1.82) is 0 Å². The molecule has 1 unspecified atom stereocenters. The molecule has 0 saturated carbocycles. The molecule has 0 aromatic carbocycles. The zero-order chi connectivity index (χ0) is 15.1. The molecule has 1 N–H and O–H groups in total. The van der Waals surface area contributed by atoms with Crippen molar-refractivity contribution in [3.63, 3.8) is 0 Å². The number of piperidine rings is 1. The molecule has 0 bridgehead atoms. The number of methoxy groups -OCH3 is 1. The van der Waals surface area contributed by atoms with Crippen LogP contribution in [0.4, 0.5) is 5.13 Å². The van der Waals surface area contributed by atoms with E-state index in [4.69, 9.17) is 0 Å². The third kappa shape index (κ3) is 5.28. The first-order valence-electron chi connectivity index (χ1n) is 7.68. The minimum Gasteiger partial charge on any atom is -0.469 e. The highest BCUT2D eigenvalue weighted by molar-refractivity contribution is 7.13. The Kier molecular flexibility index (Phi) is 6.45. The van der Waals surface area contributed by atoms with Crippen molar-refractivity contribution in [2.75, 3.05) is 32.1 Å². The largest absolute Gasteiger partial charge is 0.469 e. The van der Waals surface area contributed by atoms with Gasteiger partial charge in [-0.3, -0.25) is 9.69 Å². The Bertz CT molecular complexity index is 444. The summed E-state index contributed by atoms with van der Waals surface area (Å²) in [5.41, 5.74) is 0.957. The van der Waals surface area contributed by atoms with Crippen molar-refractivity contribution in [1.82, 2.24) is 9.88 Å². The number of aromatic nitrogens is 1. The maximum absolute atomic E-state index is 11.1. The standard InChI is InChI=1S/C15H25N3O2S/c1-12(18-8-4-3-5-9-18)10-16-15-17-13(11-21-15)6-7-14(19)20-2/h11-12H,3-10H2,1-2H3,(H,16,17). The predicted molar refractivity (Wildman–Crippen MR) is 85.8 cm³/mol. The van der Waals surface area contributed by atoms with Gasteiger partial charge in [0, 0.05) is 24.4 Å². The summed E-state index contributed by atoms with van der Waals surface area (Å²) in [6.07, 6.45) is 5.04. The number of ether oxygens (including phenoxy) is 1. The van der Waals surface area contributed by atoms with Crippen molar-refractivity contribution >= 4 is 22.4 Å². The van der Waals surface area contributed by atoms with Crippen LogP contribution < -0.4 is 5.32 Å². The normalized spacial score (nSPS) is 17.4. The van der Waals surface area contributed by atoms with Gasteiger partial charge in [-0.15, -0.1) is 11.3 Å². The molecule has 1 aliphatic heterocycles. The van der Waals surface area contributed by atoms with Crippen molar-refractivity contribution in [3.05, 3.63) is 11.1 Å². The lowest BCUT2D eigenvalue weighted by atomic mass is 10.1. The van der Waals surface area contributed by atoms with E-state index < -0.39 is 0 Å². The number of hydrogen-bond acceptors (Lipinski definition) is 6. The second-order valence-electron chi connectivity index (χ2n) is 5.55. The average molecular weight is 311 g/mol. The summed E-state index contributed by atoms with van der Waals surface area (Å²) >= 11 is 1.60. The minimum atomic E-state index is -0.184. The zero-order valence-electron chi connectivity index (χ0n) is 12.9. The molecule has 0 spiro atoms. The van der Waals surface area contributed by atoms with Crippen LogP contribution in [0.3, 0.4) is 0 Å². The smallest absolute Gasteiger partial charge is 0.305 e. The summed E-state index contributed by atoms with van der Waals surface area (Å²) in [5.74, 6) is -0.184. The topological polar surface area (TPSA) is 54.5 Å². The number of esters is 1. The Balaban J connectivity index is 1.73. The van der Waals surface area contributed by atoms with Crippen molar-refractivity contribution in [2.24, 2.45) is 0 Å². The zero-order valence-corrected chi connectivity index (χ0v) is 13.7. The van der Waals surface area contributed by atoms with Crippen LogP contribution in [0.15, 0.2) is 5.38 Å². The van der Waals surface area contributed by atoms with Crippen LogP contribution in [-0.2, 0) is 16.0 Å². The van der Waals surface area contributed by atoms with Crippen LogP contribution in [0.5, 0.6) is 0 Å². The van der Waals surface area contributed by atoms with Gasteiger partial charge < -0.3 is 10.1 Å². The molecule has 0 aliphatic carbocycles. The van der Waals surface area contributed by atoms with Gasteiger partial charge in [-0.2, -0.15) is 0 Å². The van der Waals surface area contributed by atoms with E-state index in [0.29, 0.717) is 18.9 Å². The Labute approximate surface area is 130 Å². The number of carbonyl (C=O) groups is 1. The molecule has 2 heterocycles. The fourth-order valence-electron chi connectivity index (χ4n) is 2.56. The molecule has 21 heavy (non-hydrogen) atoms. The molecule has 0 amide bonds. The maximum Gasteiger partial charge on any atom is 0.305 e. The number of anilines is 1. The van der Waals surface area contributed by atoms with E-state index >= 15 is 0 Å². The predicted octanol–water partition coefficient (Wildman–Crippen LogP) is 2.54. The molecular weight excluding hydrogens is 286 g/mol. The van der Waals surface area contributed by atoms with Gasteiger partial charge in [0.15, 0.2) is 5.13 Å². The van der Waals surface area contributed by atoms with Gasteiger partial charge in [-0.05, 0) is 32.9 Å². The first-order valence-corrected chi connectivity index (χ1v) is 8.56. The van der Waals surface area contributed by atoms with Crippen LogP contribution in [0, 0.1) is 0 Å². The Hall–Kier alpha value is -1.14. The number of rotatable bonds is 7. The number of thiazole rings is 1. The minimum absolute atomic E-state index is 0.184. The van der Waals surface area contributed by atoms with E-state index in [9.17, 15) is 4.79 Å². The second-order valence-corrected chi connectivity index (χ2v) is 6.40. The molecule has 118 valence electrons. The van der Waals surface area contributed by atoms with Gasteiger partial charge >= 0.3 is 5.97 Å². The van der Waals surface area contributed by atoms with E-state index in [1.54, 1.807) is 11.3 Å². The highest BCUT2D eigenvalue weighted by Crippen LogP contribution is 2.18. The van der Waals surface area contributed by atoms with E-state index in [1.165, 1.54) is 39.5 Å². The molecule has 6 heteroatoms. The molecular formula is C15H25N3O2S. The van der Waals surface area contributed by atoms with E-state index in [-0.39, 0.29) is 5.97 Å². The second kappa shape index (κ2) is 8.34. The molecule has 1 saturated heterocycles. The summed E-state index contributed by atoms with van der Waals surface area (Å²) in [6, 6.07) is 0.535. The van der Waals surface area contributed by atoms with Gasteiger partial charge in [0.05, 0.1) is 19.2 Å². The number of nitrogens with zero attached hydrogens (tertiary/aromatic N) is 2. The molecule has 5 nitrogen and oxygen atoms in total. The third-order valence-corrected chi connectivity index (χ3v) is 4.78. The number of aryl methyl sites for hydroxylation is 1. The highest BCUT2D eigenvalue weighted by atomic mass is 32.1. The van der Waals surface area contributed by atoms with Gasteiger partial charge in [-0.25, -0.2) is 4.98 Å². The first-order chi connectivity index (χ1) is 10.2. The van der Waals surface area contributed by atoms with Crippen LogP contribution in [0.2, 0.25) is 0 Å². The van der Waals surface area contributed by atoms with E-state index in [0.717, 1.165) is 17.4 Å². The van der Waals surface area contributed by atoms with Crippen LogP contribution in [0.25, 0.3) is 0 Å². The fourth-order valence-corrected chi connectivity index (χ4v) is 3.31. The Morgan fingerprint density at radius 2 is 2.24 bits per heavy atom. The van der Waals surface area contributed by atoms with E-state index in [1.807, 2.05) is 5.38 Å². The maximum atomic E-state index is 11.1. The molecule has 1 aromatic rings. The lowest BCUT2D eigenvalue weighted by Crippen LogP contribution is -2.41. The fraction of sp³-hybridized carbons (Fsp3) is 0.733. The summed E-state index contributed by atoms with van der Waals surface area (Å²) in [6.45, 7) is 5.62. The SMILES string of the molecule is COC(=O)CCc1csc(NCC(C)N2CCCCC2)n1. The number of carbonyl (C=O) groups excluding carboxylic acids is 1. The highest BCUT2D eigenvalue weighted by Gasteiger charge is 2.16.